The van der Waals surface area contributed by atoms with Crippen LogP contribution in [0.3, 0.4) is 0 Å². The van der Waals surface area contributed by atoms with E-state index in [4.69, 9.17) is 11.6 Å². The molecule has 0 aliphatic rings. The number of nitrogens with one attached hydrogen (secondary N) is 1. The summed E-state index contributed by atoms with van der Waals surface area (Å²) in [6.07, 6.45) is 3.22. The zero-order valence-corrected chi connectivity index (χ0v) is 15.8. The summed E-state index contributed by atoms with van der Waals surface area (Å²) in [5.41, 5.74) is 4.53. The molecule has 0 aliphatic heterocycles. The second kappa shape index (κ2) is 8.24. The quantitative estimate of drug-likeness (QED) is 0.375. The third-order valence-electron chi connectivity index (χ3n) is 3.62. The number of rotatable bonds is 6. The molecule has 0 aliphatic carbocycles. The third kappa shape index (κ3) is 4.47. The zero-order chi connectivity index (χ0) is 19.4. The highest BCUT2D eigenvalue weighted by molar-refractivity contribution is 8.00. The molecule has 0 bridgehead atoms. The van der Waals surface area contributed by atoms with E-state index < -0.39 is 5.97 Å². The van der Waals surface area contributed by atoms with Crippen molar-refractivity contribution >= 4 is 47.1 Å². The Morgan fingerprint density at radius 1 is 1.33 bits per heavy atom. The van der Waals surface area contributed by atoms with Crippen LogP contribution in [0.2, 0.25) is 5.02 Å². The Balaban J connectivity index is 1.68. The number of fused-ring (bicyclic) bond motifs is 1. The highest BCUT2D eigenvalue weighted by Crippen LogP contribution is 2.25. The number of hydrazone groups is 1. The fraction of sp³-hybridized carbons (Fsp3) is 0.111. The van der Waals surface area contributed by atoms with Gasteiger partial charge in [0.05, 0.1) is 12.0 Å². The first-order valence-electron chi connectivity index (χ1n) is 7.87. The minimum Gasteiger partial charge on any atom is -0.476 e. The number of amides is 1. The SMILES string of the molecule is Cc1cccn2c(SCC(=O)N/N=C/c3ccc(Cl)cc3)c(C(=O)O)nc12. The third-order valence-corrected chi connectivity index (χ3v) is 4.94. The van der Waals surface area contributed by atoms with Gasteiger partial charge in [0.25, 0.3) is 0 Å². The number of hydrogen-bond donors (Lipinski definition) is 2. The number of carbonyl (C=O) groups is 2. The van der Waals surface area contributed by atoms with Gasteiger partial charge in [-0.25, -0.2) is 15.2 Å². The van der Waals surface area contributed by atoms with Crippen LogP contribution in [0.4, 0.5) is 0 Å². The Bertz CT molecular complexity index is 1030. The first-order chi connectivity index (χ1) is 13.0. The number of halogens is 1. The van der Waals surface area contributed by atoms with Gasteiger partial charge in [0.1, 0.15) is 10.7 Å². The van der Waals surface area contributed by atoms with Crippen molar-refractivity contribution in [3.63, 3.8) is 0 Å². The van der Waals surface area contributed by atoms with Crippen molar-refractivity contribution in [2.75, 3.05) is 5.75 Å². The van der Waals surface area contributed by atoms with Crippen LogP contribution in [0.1, 0.15) is 21.6 Å². The van der Waals surface area contributed by atoms with Crippen molar-refractivity contribution in [3.05, 3.63) is 64.4 Å². The molecule has 1 aromatic carbocycles. The maximum Gasteiger partial charge on any atom is 0.357 e. The molecule has 0 saturated carbocycles. The van der Waals surface area contributed by atoms with Crippen LogP contribution in [0.25, 0.3) is 5.65 Å². The molecule has 0 spiro atoms. The summed E-state index contributed by atoms with van der Waals surface area (Å²) in [5, 5.41) is 14.3. The Kier molecular flexibility index (Phi) is 5.78. The van der Waals surface area contributed by atoms with Gasteiger partial charge in [0.2, 0.25) is 5.91 Å². The molecule has 1 amide bonds. The summed E-state index contributed by atoms with van der Waals surface area (Å²) >= 11 is 6.90. The van der Waals surface area contributed by atoms with Gasteiger partial charge in [-0.1, -0.05) is 41.6 Å². The summed E-state index contributed by atoms with van der Waals surface area (Å²) < 4.78 is 1.67. The molecular weight excluding hydrogens is 388 g/mol. The maximum absolute atomic E-state index is 12.0. The average molecular weight is 403 g/mol. The topological polar surface area (TPSA) is 96.1 Å². The lowest BCUT2D eigenvalue weighted by molar-refractivity contribution is -0.118. The molecule has 2 heterocycles. The predicted octanol–water partition coefficient (Wildman–Crippen LogP) is 3.24. The molecule has 3 aromatic rings. The fourth-order valence-corrected chi connectivity index (χ4v) is 3.37. The number of thioether (sulfide) groups is 1. The maximum atomic E-state index is 12.0. The molecule has 0 saturated heterocycles. The number of imidazole rings is 1. The normalized spacial score (nSPS) is 11.2. The Morgan fingerprint density at radius 2 is 2.07 bits per heavy atom. The highest BCUT2D eigenvalue weighted by Gasteiger charge is 2.20. The summed E-state index contributed by atoms with van der Waals surface area (Å²) in [4.78, 5) is 27.7. The number of benzene rings is 1. The molecule has 0 fully saturated rings. The highest BCUT2D eigenvalue weighted by atomic mass is 35.5. The van der Waals surface area contributed by atoms with E-state index in [2.05, 4.69) is 15.5 Å². The zero-order valence-electron chi connectivity index (χ0n) is 14.2. The molecule has 0 atom stereocenters. The van der Waals surface area contributed by atoms with Crippen molar-refractivity contribution in [1.29, 1.82) is 0 Å². The molecule has 27 heavy (non-hydrogen) atoms. The van der Waals surface area contributed by atoms with E-state index >= 15 is 0 Å². The number of aryl methyl sites for hydroxylation is 1. The molecule has 0 unspecified atom stereocenters. The predicted molar refractivity (Wildman–Crippen MR) is 105 cm³/mol. The van der Waals surface area contributed by atoms with E-state index in [0.717, 1.165) is 22.9 Å². The standard InChI is InChI=1S/C18H15ClN4O3S/c1-11-3-2-8-23-16(11)21-15(18(25)26)17(23)27-10-14(24)22-20-9-12-4-6-13(19)7-5-12/h2-9H,10H2,1H3,(H,22,24)(H,25,26)/b20-9+. The van der Waals surface area contributed by atoms with Crippen LogP contribution in [-0.4, -0.2) is 38.3 Å². The Hall–Kier alpha value is -2.84. The largest absolute Gasteiger partial charge is 0.476 e. The number of aromatic nitrogens is 2. The fourth-order valence-electron chi connectivity index (χ4n) is 2.35. The summed E-state index contributed by atoms with van der Waals surface area (Å²) in [6.45, 7) is 1.85. The lowest BCUT2D eigenvalue weighted by atomic mass is 10.2. The van der Waals surface area contributed by atoms with Crippen LogP contribution in [0.5, 0.6) is 0 Å². The van der Waals surface area contributed by atoms with E-state index in [-0.39, 0.29) is 17.4 Å². The van der Waals surface area contributed by atoms with Crippen molar-refractivity contribution in [1.82, 2.24) is 14.8 Å². The van der Waals surface area contributed by atoms with Gasteiger partial charge in [0.15, 0.2) is 5.69 Å². The first kappa shape index (κ1) is 18.9. The van der Waals surface area contributed by atoms with E-state index in [1.54, 1.807) is 40.9 Å². The minimum absolute atomic E-state index is 0.0000267. The lowest BCUT2D eigenvalue weighted by Crippen LogP contribution is -2.20. The number of hydrogen-bond acceptors (Lipinski definition) is 5. The molecule has 2 N–H and O–H groups in total. The van der Waals surface area contributed by atoms with Gasteiger partial charge in [-0.15, -0.1) is 0 Å². The molecule has 9 heteroatoms. The van der Waals surface area contributed by atoms with Gasteiger partial charge < -0.3 is 5.11 Å². The number of pyridine rings is 1. The monoisotopic (exact) mass is 402 g/mol. The number of nitrogens with zero attached hydrogens (tertiary/aromatic N) is 3. The van der Waals surface area contributed by atoms with Gasteiger partial charge in [0, 0.05) is 11.2 Å². The van der Waals surface area contributed by atoms with Crippen LogP contribution in [-0.2, 0) is 4.79 Å². The second-order valence-electron chi connectivity index (χ2n) is 5.59. The van der Waals surface area contributed by atoms with Crippen molar-refractivity contribution in [3.8, 4) is 0 Å². The molecule has 2 aromatic heterocycles. The number of carboxylic acids is 1. The summed E-state index contributed by atoms with van der Waals surface area (Å²) in [7, 11) is 0. The average Bonchev–Trinajstić information content (AvgIpc) is 3.02. The minimum atomic E-state index is -1.14. The van der Waals surface area contributed by atoms with Crippen LogP contribution in [0.15, 0.2) is 52.7 Å². The van der Waals surface area contributed by atoms with Crippen LogP contribution < -0.4 is 5.43 Å². The van der Waals surface area contributed by atoms with Gasteiger partial charge in [-0.2, -0.15) is 5.10 Å². The molecule has 7 nitrogen and oxygen atoms in total. The van der Waals surface area contributed by atoms with Crippen LogP contribution >= 0.6 is 23.4 Å². The van der Waals surface area contributed by atoms with Gasteiger partial charge in [-0.05, 0) is 36.2 Å². The first-order valence-corrected chi connectivity index (χ1v) is 9.23. The smallest absolute Gasteiger partial charge is 0.357 e. The van der Waals surface area contributed by atoms with Crippen molar-refractivity contribution in [2.45, 2.75) is 11.9 Å². The summed E-state index contributed by atoms with van der Waals surface area (Å²) in [5.74, 6) is -1.49. The summed E-state index contributed by atoms with van der Waals surface area (Å²) in [6, 6.07) is 10.6. The molecule has 138 valence electrons. The van der Waals surface area contributed by atoms with E-state index in [0.29, 0.717) is 15.7 Å². The molecule has 3 rings (SSSR count). The lowest BCUT2D eigenvalue weighted by Gasteiger charge is -2.03. The molecular formula is C18H15ClN4O3S. The Morgan fingerprint density at radius 3 is 2.78 bits per heavy atom. The van der Waals surface area contributed by atoms with E-state index in [1.165, 1.54) is 6.21 Å². The number of carbonyl (C=O) groups excluding carboxylic acids is 1. The second-order valence-corrected chi connectivity index (χ2v) is 6.99. The molecule has 0 radical (unpaired) electrons. The van der Waals surface area contributed by atoms with Crippen molar-refractivity contribution in [2.24, 2.45) is 5.10 Å². The van der Waals surface area contributed by atoms with E-state index in [1.807, 2.05) is 13.0 Å². The van der Waals surface area contributed by atoms with Gasteiger partial charge in [-0.3, -0.25) is 9.20 Å². The van der Waals surface area contributed by atoms with E-state index in [9.17, 15) is 14.7 Å². The number of carboxylic acid groups (broad SMARTS) is 1. The van der Waals surface area contributed by atoms with Gasteiger partial charge >= 0.3 is 5.97 Å². The number of aromatic carboxylic acids is 1. The van der Waals surface area contributed by atoms with Crippen molar-refractivity contribution < 1.29 is 14.7 Å². The van der Waals surface area contributed by atoms with Crippen LogP contribution in [0, 0.1) is 6.92 Å². The Labute approximate surface area is 164 Å².